The molecule has 1 heterocycles. The number of hydrogen-bond acceptors (Lipinski definition) is 2. The molecular weight excluding hydrogens is 301 g/mol. The third-order valence-electron chi connectivity index (χ3n) is 2.35. The van der Waals surface area contributed by atoms with Crippen LogP contribution in [0.15, 0.2) is 34.9 Å². The van der Waals surface area contributed by atoms with Gasteiger partial charge in [-0.25, -0.2) is 4.98 Å². The molecule has 0 spiro atoms. The molecule has 0 aliphatic carbocycles. The molecule has 0 unspecified atom stereocenters. The molecule has 0 radical (unpaired) electrons. The molecule has 15 heavy (non-hydrogen) atoms. The van der Waals surface area contributed by atoms with E-state index in [1.54, 1.807) is 6.26 Å². The Balaban J connectivity index is 2.31. The summed E-state index contributed by atoms with van der Waals surface area (Å²) in [5.41, 5.74) is 3.35. The third kappa shape index (κ3) is 2.40. The molecule has 0 saturated carbocycles. The molecular formula is C12H12INO. The fourth-order valence-electron chi connectivity index (χ4n) is 1.42. The Labute approximate surface area is 103 Å². The lowest BCUT2D eigenvalue weighted by Crippen LogP contribution is -1.86. The van der Waals surface area contributed by atoms with Crippen LogP contribution in [-0.4, -0.2) is 4.98 Å². The van der Waals surface area contributed by atoms with E-state index in [4.69, 9.17) is 4.42 Å². The number of benzene rings is 1. The van der Waals surface area contributed by atoms with Crippen LogP contribution in [0, 0.1) is 3.90 Å². The average molecular weight is 313 g/mol. The number of aromatic nitrogens is 1. The van der Waals surface area contributed by atoms with E-state index in [0.717, 1.165) is 11.3 Å². The Morgan fingerprint density at radius 3 is 2.33 bits per heavy atom. The van der Waals surface area contributed by atoms with Gasteiger partial charge in [0, 0.05) is 28.2 Å². The van der Waals surface area contributed by atoms with Gasteiger partial charge in [-0.05, 0) is 11.5 Å². The largest absolute Gasteiger partial charge is 0.440 e. The van der Waals surface area contributed by atoms with E-state index in [1.165, 1.54) is 5.56 Å². The number of halogens is 1. The zero-order valence-corrected chi connectivity index (χ0v) is 10.9. The predicted octanol–water partition coefficient (Wildman–Crippen LogP) is 4.07. The van der Waals surface area contributed by atoms with Gasteiger partial charge in [-0.15, -0.1) is 0 Å². The minimum Gasteiger partial charge on any atom is -0.440 e. The number of nitrogens with zero attached hydrogens (tertiary/aromatic N) is 1. The number of rotatable bonds is 2. The molecule has 0 saturated heterocycles. The first kappa shape index (κ1) is 10.7. The molecule has 1 aromatic heterocycles. The molecule has 2 aromatic rings. The first-order valence-corrected chi connectivity index (χ1v) is 5.96. The summed E-state index contributed by atoms with van der Waals surface area (Å²) in [7, 11) is 0. The summed E-state index contributed by atoms with van der Waals surface area (Å²) < 4.78 is 5.85. The highest BCUT2D eigenvalue weighted by molar-refractivity contribution is 14.1. The second kappa shape index (κ2) is 4.35. The van der Waals surface area contributed by atoms with Crippen LogP contribution in [0.25, 0.3) is 11.3 Å². The molecule has 0 aliphatic heterocycles. The second-order valence-electron chi connectivity index (χ2n) is 3.76. The van der Waals surface area contributed by atoms with Crippen molar-refractivity contribution >= 4 is 22.6 Å². The molecule has 2 rings (SSSR count). The topological polar surface area (TPSA) is 26.0 Å². The Hall–Kier alpha value is -0.840. The second-order valence-corrected chi connectivity index (χ2v) is 4.69. The zero-order chi connectivity index (χ0) is 10.8. The van der Waals surface area contributed by atoms with Gasteiger partial charge in [0.25, 0.3) is 3.90 Å². The van der Waals surface area contributed by atoms with Gasteiger partial charge in [-0.1, -0.05) is 38.1 Å². The normalized spacial score (nSPS) is 10.9. The molecule has 0 fully saturated rings. The average Bonchev–Trinajstić information content (AvgIpc) is 2.65. The summed E-state index contributed by atoms with van der Waals surface area (Å²) in [5, 5.41) is 0. The first-order valence-electron chi connectivity index (χ1n) is 4.88. The van der Waals surface area contributed by atoms with Gasteiger partial charge >= 0.3 is 0 Å². The zero-order valence-electron chi connectivity index (χ0n) is 8.70. The standard InChI is InChI=1S/C12H12INO/c1-8(2)9-3-5-10(6-4-9)11-7-15-12(13)14-11/h3-8H,1-2H3. The highest BCUT2D eigenvalue weighted by Crippen LogP contribution is 2.22. The van der Waals surface area contributed by atoms with Gasteiger partial charge in [0.1, 0.15) is 12.0 Å². The molecule has 0 amide bonds. The van der Waals surface area contributed by atoms with Crippen LogP contribution in [0.2, 0.25) is 0 Å². The smallest absolute Gasteiger partial charge is 0.257 e. The van der Waals surface area contributed by atoms with E-state index in [2.05, 4.69) is 65.7 Å². The predicted molar refractivity (Wildman–Crippen MR) is 68.7 cm³/mol. The van der Waals surface area contributed by atoms with Crippen LogP contribution >= 0.6 is 22.6 Å². The third-order valence-corrected chi connectivity index (χ3v) is 2.84. The molecule has 2 nitrogen and oxygen atoms in total. The van der Waals surface area contributed by atoms with Crippen LogP contribution < -0.4 is 0 Å². The van der Waals surface area contributed by atoms with Crippen LogP contribution in [-0.2, 0) is 0 Å². The van der Waals surface area contributed by atoms with Gasteiger partial charge in [-0.2, -0.15) is 0 Å². The van der Waals surface area contributed by atoms with Crippen molar-refractivity contribution in [1.29, 1.82) is 0 Å². The number of hydrogen-bond donors (Lipinski definition) is 0. The Kier molecular flexibility index (Phi) is 3.09. The van der Waals surface area contributed by atoms with Gasteiger partial charge in [-0.3, -0.25) is 0 Å². The molecule has 1 aromatic carbocycles. The summed E-state index contributed by atoms with van der Waals surface area (Å²) >= 11 is 2.07. The lowest BCUT2D eigenvalue weighted by Gasteiger charge is -2.04. The summed E-state index contributed by atoms with van der Waals surface area (Å²) in [4.78, 5) is 4.28. The van der Waals surface area contributed by atoms with Crippen LogP contribution in [0.5, 0.6) is 0 Å². The summed E-state index contributed by atoms with van der Waals surface area (Å²) in [6.45, 7) is 4.38. The lowest BCUT2D eigenvalue weighted by molar-refractivity contribution is 0.525. The minimum atomic E-state index is 0.566. The SMILES string of the molecule is CC(C)c1ccc(-c2coc(I)n2)cc1. The van der Waals surface area contributed by atoms with Crippen LogP contribution in [0.1, 0.15) is 25.3 Å². The Bertz CT molecular complexity index is 445. The van der Waals surface area contributed by atoms with Gasteiger partial charge in [0.05, 0.1) is 0 Å². The molecule has 0 N–H and O–H groups in total. The van der Waals surface area contributed by atoms with Crippen molar-refractivity contribution in [3.05, 3.63) is 40.0 Å². The number of oxazole rings is 1. The minimum absolute atomic E-state index is 0.566. The van der Waals surface area contributed by atoms with E-state index >= 15 is 0 Å². The lowest BCUT2D eigenvalue weighted by atomic mass is 10.0. The van der Waals surface area contributed by atoms with Crippen molar-refractivity contribution in [2.75, 3.05) is 0 Å². The molecule has 0 atom stereocenters. The Morgan fingerprint density at radius 1 is 1.20 bits per heavy atom. The maximum absolute atomic E-state index is 5.17. The van der Waals surface area contributed by atoms with Crippen molar-refractivity contribution in [2.24, 2.45) is 0 Å². The van der Waals surface area contributed by atoms with Crippen molar-refractivity contribution in [3.8, 4) is 11.3 Å². The summed E-state index contributed by atoms with van der Waals surface area (Å²) in [6, 6.07) is 8.45. The monoisotopic (exact) mass is 313 g/mol. The molecule has 0 aliphatic rings. The van der Waals surface area contributed by atoms with E-state index in [-0.39, 0.29) is 0 Å². The van der Waals surface area contributed by atoms with E-state index in [1.807, 2.05) is 0 Å². The van der Waals surface area contributed by atoms with Gasteiger partial charge in [0.2, 0.25) is 0 Å². The Morgan fingerprint density at radius 2 is 1.87 bits per heavy atom. The quantitative estimate of drug-likeness (QED) is 0.781. The van der Waals surface area contributed by atoms with Crippen LogP contribution in [0.4, 0.5) is 0 Å². The summed E-state index contributed by atoms with van der Waals surface area (Å²) in [5.74, 6) is 0.566. The highest BCUT2D eigenvalue weighted by atomic mass is 127. The fourth-order valence-corrected chi connectivity index (χ4v) is 1.81. The van der Waals surface area contributed by atoms with Crippen molar-refractivity contribution in [2.45, 2.75) is 19.8 Å². The maximum atomic E-state index is 5.17. The molecule has 78 valence electrons. The first-order chi connectivity index (χ1) is 7.16. The van der Waals surface area contributed by atoms with E-state index < -0.39 is 0 Å². The molecule has 3 heteroatoms. The maximum Gasteiger partial charge on any atom is 0.257 e. The van der Waals surface area contributed by atoms with Gasteiger partial charge in [0.15, 0.2) is 0 Å². The van der Waals surface area contributed by atoms with Crippen LogP contribution in [0.3, 0.4) is 0 Å². The molecule has 0 bridgehead atoms. The highest BCUT2D eigenvalue weighted by Gasteiger charge is 2.04. The summed E-state index contributed by atoms with van der Waals surface area (Å²) in [6.07, 6.45) is 1.69. The fraction of sp³-hybridized carbons (Fsp3) is 0.250. The van der Waals surface area contributed by atoms with E-state index in [9.17, 15) is 0 Å². The van der Waals surface area contributed by atoms with Crippen molar-refractivity contribution < 1.29 is 4.42 Å². The van der Waals surface area contributed by atoms with Crippen molar-refractivity contribution in [3.63, 3.8) is 0 Å². The van der Waals surface area contributed by atoms with Gasteiger partial charge < -0.3 is 4.42 Å². The van der Waals surface area contributed by atoms with Crippen molar-refractivity contribution in [1.82, 2.24) is 4.98 Å². The van der Waals surface area contributed by atoms with E-state index in [0.29, 0.717) is 9.82 Å².